The van der Waals surface area contributed by atoms with Crippen LogP contribution in [0.25, 0.3) is 0 Å². The lowest BCUT2D eigenvalue weighted by atomic mass is 9.89. The minimum absolute atomic E-state index is 0.0643. The Balaban J connectivity index is 1.55. The lowest BCUT2D eigenvalue weighted by molar-refractivity contribution is 0.0666. The van der Waals surface area contributed by atoms with Gasteiger partial charge in [-0.05, 0) is 64.7 Å². The van der Waals surface area contributed by atoms with Crippen LogP contribution >= 0.6 is 0 Å². The van der Waals surface area contributed by atoms with Gasteiger partial charge in [-0.3, -0.25) is 9.48 Å². The number of anilines is 1. The van der Waals surface area contributed by atoms with Crippen molar-refractivity contribution >= 4 is 11.6 Å². The molecule has 3 heterocycles. The predicted molar refractivity (Wildman–Crippen MR) is 108 cm³/mol. The van der Waals surface area contributed by atoms with Crippen molar-refractivity contribution in [1.82, 2.24) is 14.7 Å². The molecule has 5 nitrogen and oxygen atoms in total. The Morgan fingerprint density at radius 3 is 2.82 bits per heavy atom. The van der Waals surface area contributed by atoms with E-state index in [9.17, 15) is 9.18 Å². The third-order valence-corrected chi connectivity index (χ3v) is 6.31. The number of halogens is 1. The zero-order valence-electron chi connectivity index (χ0n) is 17.2. The number of carbonyl (C=O) groups is 1. The minimum atomic E-state index is -0.201. The maximum absolute atomic E-state index is 13.8. The number of nitrogens with zero attached hydrogens (tertiary/aromatic N) is 4. The molecule has 2 aliphatic rings. The van der Waals surface area contributed by atoms with E-state index in [1.54, 1.807) is 12.1 Å². The van der Waals surface area contributed by atoms with Crippen molar-refractivity contribution in [3.8, 4) is 0 Å². The fraction of sp³-hybridized carbons (Fsp3) is 0.545. The lowest BCUT2D eigenvalue weighted by Crippen LogP contribution is -2.50. The first-order valence-corrected chi connectivity index (χ1v) is 10.2. The highest BCUT2D eigenvalue weighted by Crippen LogP contribution is 2.44. The highest BCUT2D eigenvalue weighted by atomic mass is 19.1. The van der Waals surface area contributed by atoms with E-state index in [1.807, 2.05) is 35.7 Å². The lowest BCUT2D eigenvalue weighted by Gasteiger charge is -2.41. The van der Waals surface area contributed by atoms with E-state index < -0.39 is 0 Å². The Morgan fingerprint density at radius 2 is 2.14 bits per heavy atom. The van der Waals surface area contributed by atoms with Gasteiger partial charge >= 0.3 is 0 Å². The molecule has 1 aromatic carbocycles. The molecule has 1 aromatic heterocycles. The second-order valence-corrected chi connectivity index (χ2v) is 8.72. The molecule has 0 N–H and O–H groups in total. The Morgan fingerprint density at radius 1 is 1.36 bits per heavy atom. The number of benzene rings is 1. The standard InChI is InChI=1S/C22H29FN4O/c1-5-26-14-19(15(2)24-26)21(28)25-10-9-20-16(13-25)12-22(3,4)27(20)18-8-6-7-17(23)11-18/h6-8,11,14,16,20H,5,9-10,12-13H2,1-4H3/t16-,20+/m1/s1. The number of aryl methyl sites for hydroxylation is 2. The van der Waals surface area contributed by atoms with Crippen LogP contribution in [0.15, 0.2) is 30.5 Å². The van der Waals surface area contributed by atoms with Crippen molar-refractivity contribution in [1.29, 1.82) is 0 Å². The van der Waals surface area contributed by atoms with Crippen molar-refractivity contribution in [2.24, 2.45) is 5.92 Å². The summed E-state index contributed by atoms with van der Waals surface area (Å²) in [7, 11) is 0. The second-order valence-electron chi connectivity index (χ2n) is 8.72. The topological polar surface area (TPSA) is 41.4 Å². The van der Waals surface area contributed by atoms with Gasteiger partial charge in [0.15, 0.2) is 0 Å². The monoisotopic (exact) mass is 384 g/mol. The number of amides is 1. The summed E-state index contributed by atoms with van der Waals surface area (Å²) in [6.07, 6.45) is 3.75. The molecular formula is C22H29FN4O. The van der Waals surface area contributed by atoms with Crippen molar-refractivity contribution in [2.45, 2.75) is 58.7 Å². The van der Waals surface area contributed by atoms with Crippen LogP contribution < -0.4 is 4.90 Å². The van der Waals surface area contributed by atoms with E-state index in [2.05, 4.69) is 23.8 Å². The fourth-order valence-corrected chi connectivity index (χ4v) is 5.16. The van der Waals surface area contributed by atoms with Gasteiger partial charge in [0.2, 0.25) is 0 Å². The number of aromatic nitrogens is 2. The molecule has 2 aromatic rings. The quantitative estimate of drug-likeness (QED) is 0.807. The van der Waals surface area contributed by atoms with E-state index in [0.29, 0.717) is 17.5 Å². The third kappa shape index (κ3) is 3.19. The van der Waals surface area contributed by atoms with Gasteiger partial charge in [-0.2, -0.15) is 5.10 Å². The highest BCUT2D eigenvalue weighted by Gasteiger charge is 2.48. The van der Waals surface area contributed by atoms with Gasteiger partial charge in [0.25, 0.3) is 5.91 Å². The summed E-state index contributed by atoms with van der Waals surface area (Å²) in [5.74, 6) is 0.267. The number of fused-ring (bicyclic) bond motifs is 1. The summed E-state index contributed by atoms with van der Waals surface area (Å²) >= 11 is 0. The number of rotatable bonds is 3. The van der Waals surface area contributed by atoms with E-state index in [-0.39, 0.29) is 17.3 Å². The van der Waals surface area contributed by atoms with Crippen molar-refractivity contribution in [3.63, 3.8) is 0 Å². The van der Waals surface area contributed by atoms with Crippen molar-refractivity contribution in [3.05, 3.63) is 47.5 Å². The third-order valence-electron chi connectivity index (χ3n) is 6.31. The van der Waals surface area contributed by atoms with Crippen LogP contribution in [0, 0.1) is 18.7 Å². The summed E-state index contributed by atoms with van der Waals surface area (Å²) in [5.41, 5.74) is 2.38. The van der Waals surface area contributed by atoms with E-state index >= 15 is 0 Å². The first-order valence-electron chi connectivity index (χ1n) is 10.2. The normalized spacial score (nSPS) is 23.8. The number of carbonyl (C=O) groups excluding carboxylic acids is 1. The van der Waals surface area contributed by atoms with Crippen LogP contribution in [-0.2, 0) is 6.54 Å². The van der Waals surface area contributed by atoms with Crippen molar-refractivity contribution in [2.75, 3.05) is 18.0 Å². The first kappa shape index (κ1) is 19.0. The maximum atomic E-state index is 13.8. The average Bonchev–Trinajstić information content (AvgIpc) is 3.15. The van der Waals surface area contributed by atoms with Crippen LogP contribution in [0.4, 0.5) is 10.1 Å². The van der Waals surface area contributed by atoms with Gasteiger partial charge in [0.05, 0.1) is 11.3 Å². The highest BCUT2D eigenvalue weighted by molar-refractivity contribution is 5.95. The molecule has 0 spiro atoms. The van der Waals surface area contributed by atoms with Crippen LogP contribution in [0.3, 0.4) is 0 Å². The molecule has 6 heteroatoms. The molecule has 2 fully saturated rings. The Labute approximate surface area is 166 Å². The number of piperidine rings is 1. The molecular weight excluding hydrogens is 355 g/mol. The first-order chi connectivity index (χ1) is 13.3. The fourth-order valence-electron chi connectivity index (χ4n) is 5.16. The molecule has 0 aliphatic carbocycles. The van der Waals surface area contributed by atoms with Crippen LogP contribution in [0.1, 0.15) is 49.7 Å². The summed E-state index contributed by atoms with van der Waals surface area (Å²) in [4.78, 5) is 17.5. The molecule has 1 amide bonds. The number of likely N-dealkylation sites (tertiary alicyclic amines) is 1. The van der Waals surface area contributed by atoms with Gasteiger partial charge in [-0.15, -0.1) is 0 Å². The molecule has 150 valence electrons. The Bertz CT molecular complexity index is 890. The van der Waals surface area contributed by atoms with E-state index in [1.165, 1.54) is 6.07 Å². The molecule has 2 aliphatic heterocycles. The zero-order valence-corrected chi connectivity index (χ0v) is 17.2. The maximum Gasteiger partial charge on any atom is 0.257 e. The van der Waals surface area contributed by atoms with Gasteiger partial charge in [0, 0.05) is 43.1 Å². The van der Waals surface area contributed by atoms with Gasteiger partial charge < -0.3 is 9.80 Å². The summed E-state index contributed by atoms with van der Waals surface area (Å²) in [6.45, 7) is 10.6. The van der Waals surface area contributed by atoms with Gasteiger partial charge in [0.1, 0.15) is 5.82 Å². The molecule has 0 radical (unpaired) electrons. The molecule has 2 saturated heterocycles. The molecule has 0 saturated carbocycles. The SMILES string of the molecule is CCn1cc(C(=O)N2CC[C@H]3[C@@H](C2)CC(C)(C)N3c2cccc(F)c2)c(C)n1. The summed E-state index contributed by atoms with van der Waals surface area (Å²) in [5, 5.41) is 4.42. The Kier molecular flexibility index (Phi) is 4.68. The van der Waals surface area contributed by atoms with Gasteiger partial charge in [-0.1, -0.05) is 6.07 Å². The summed E-state index contributed by atoms with van der Waals surface area (Å²) < 4.78 is 15.7. The smallest absolute Gasteiger partial charge is 0.257 e. The van der Waals surface area contributed by atoms with E-state index in [4.69, 9.17) is 0 Å². The largest absolute Gasteiger partial charge is 0.363 e. The summed E-state index contributed by atoms with van der Waals surface area (Å²) in [6, 6.07) is 7.22. The Hall–Kier alpha value is -2.37. The molecule has 4 rings (SSSR count). The van der Waals surface area contributed by atoms with E-state index in [0.717, 1.165) is 43.9 Å². The van der Waals surface area contributed by atoms with Crippen LogP contribution in [0.5, 0.6) is 0 Å². The molecule has 28 heavy (non-hydrogen) atoms. The second kappa shape index (κ2) is 6.90. The number of hydrogen-bond donors (Lipinski definition) is 0. The van der Waals surface area contributed by atoms with Crippen LogP contribution in [0.2, 0.25) is 0 Å². The van der Waals surface area contributed by atoms with Crippen molar-refractivity contribution < 1.29 is 9.18 Å². The molecule has 0 unspecified atom stereocenters. The molecule has 2 atom stereocenters. The molecule has 0 bridgehead atoms. The zero-order chi connectivity index (χ0) is 20.1. The minimum Gasteiger partial charge on any atom is -0.363 e. The predicted octanol–water partition coefficient (Wildman–Crippen LogP) is 3.87. The van der Waals surface area contributed by atoms with Crippen LogP contribution in [-0.4, -0.2) is 45.3 Å². The van der Waals surface area contributed by atoms with Gasteiger partial charge in [-0.25, -0.2) is 4.39 Å². The number of hydrogen-bond acceptors (Lipinski definition) is 3. The average molecular weight is 384 g/mol.